The Labute approximate surface area is 62.5 Å². The zero-order chi connectivity index (χ0) is 6.62. The third kappa shape index (κ3) is 6.23. The van der Waals surface area contributed by atoms with E-state index in [1.807, 2.05) is 0 Å². The number of hydrogen-bond donors (Lipinski definition) is 0. The van der Waals surface area contributed by atoms with E-state index >= 15 is 0 Å². The summed E-state index contributed by atoms with van der Waals surface area (Å²) < 4.78 is -1.41. The van der Waals surface area contributed by atoms with Crippen LogP contribution in [0.1, 0.15) is 6.42 Å². The van der Waals surface area contributed by atoms with Gasteiger partial charge in [-0.2, -0.15) is 0 Å². The van der Waals surface area contributed by atoms with Crippen LogP contribution >= 0.6 is 34.8 Å². The van der Waals surface area contributed by atoms with E-state index in [1.165, 1.54) is 6.11 Å². The third-order valence-corrected chi connectivity index (χ3v) is 0.762. The van der Waals surface area contributed by atoms with Gasteiger partial charge in [0.2, 0.25) is 3.79 Å². The van der Waals surface area contributed by atoms with E-state index in [4.69, 9.17) is 34.8 Å². The molecule has 4 heteroatoms. The minimum atomic E-state index is -1.41. The first-order valence-corrected chi connectivity index (χ1v) is 2.86. The standard InChI is InChI=1S/C4H2Cl3O/c5-4(6,7)2-1-3-8/h2H2. The number of rotatable bonds is 0. The van der Waals surface area contributed by atoms with Gasteiger partial charge in [-0.3, -0.25) is 0 Å². The molecule has 0 aliphatic carbocycles. The summed E-state index contributed by atoms with van der Waals surface area (Å²) in [7, 11) is 0. The molecule has 0 N–H and O–H groups in total. The largest absolute Gasteiger partial charge is 0.224 e. The number of hydrogen-bond acceptors (Lipinski definition) is 0. The first kappa shape index (κ1) is 8.23. The highest BCUT2D eigenvalue weighted by Gasteiger charge is 2.16. The molecule has 0 amide bonds. The fraction of sp³-hybridized carbons (Fsp3) is 0.500. The van der Waals surface area contributed by atoms with Crippen LogP contribution in [0.4, 0.5) is 0 Å². The Morgan fingerprint density at radius 1 is 1.38 bits per heavy atom. The van der Waals surface area contributed by atoms with E-state index in [9.17, 15) is 5.11 Å². The van der Waals surface area contributed by atoms with E-state index in [1.54, 1.807) is 0 Å². The summed E-state index contributed by atoms with van der Waals surface area (Å²) in [4.78, 5) is 0. The highest BCUT2D eigenvalue weighted by atomic mass is 35.6. The molecule has 0 rings (SSSR count). The SMILES string of the molecule is [O]C#CCC(Cl)(Cl)Cl. The lowest BCUT2D eigenvalue weighted by molar-refractivity contribution is 0.391. The highest BCUT2D eigenvalue weighted by molar-refractivity contribution is 6.67. The topological polar surface area (TPSA) is 19.9 Å². The second-order valence-corrected chi connectivity index (χ2v) is 3.59. The Hall–Kier alpha value is 0.230. The Bertz CT molecular complexity index is 115. The lowest BCUT2D eigenvalue weighted by Crippen LogP contribution is -1.98. The normalized spacial score (nSPS) is 9.88. The van der Waals surface area contributed by atoms with Crippen molar-refractivity contribution in [1.29, 1.82) is 0 Å². The Balaban J connectivity index is 3.50. The van der Waals surface area contributed by atoms with E-state index < -0.39 is 3.79 Å². The van der Waals surface area contributed by atoms with Gasteiger partial charge in [-0.15, -0.1) is 0 Å². The van der Waals surface area contributed by atoms with Crippen molar-refractivity contribution in [1.82, 2.24) is 0 Å². The van der Waals surface area contributed by atoms with Crippen molar-refractivity contribution in [3.63, 3.8) is 0 Å². The van der Waals surface area contributed by atoms with Crippen molar-refractivity contribution in [2.24, 2.45) is 0 Å². The lowest BCUT2D eigenvalue weighted by atomic mass is 10.5. The van der Waals surface area contributed by atoms with Gasteiger partial charge in [0.15, 0.2) is 6.11 Å². The minimum absolute atomic E-state index is 0.0127. The van der Waals surface area contributed by atoms with Crippen molar-refractivity contribution in [2.75, 3.05) is 0 Å². The molecular weight excluding hydrogens is 170 g/mol. The van der Waals surface area contributed by atoms with Gasteiger partial charge in [0.05, 0.1) is 6.42 Å². The molecule has 0 aromatic heterocycles. The summed E-state index contributed by atoms with van der Waals surface area (Å²) in [6, 6.07) is 0. The first-order chi connectivity index (χ1) is 3.56. The predicted octanol–water partition coefficient (Wildman–Crippen LogP) is 2.14. The monoisotopic (exact) mass is 171 g/mol. The summed E-state index contributed by atoms with van der Waals surface area (Å²) in [5, 5.41) is 9.44. The summed E-state index contributed by atoms with van der Waals surface area (Å²) >= 11 is 15.6. The van der Waals surface area contributed by atoms with Crippen LogP contribution in [-0.2, 0) is 5.11 Å². The van der Waals surface area contributed by atoms with Crippen molar-refractivity contribution in [2.45, 2.75) is 10.2 Å². The molecule has 0 bridgehead atoms. The summed E-state index contributed by atoms with van der Waals surface area (Å²) in [6.07, 6.45) is 1.36. The number of alkyl halides is 3. The van der Waals surface area contributed by atoms with Gasteiger partial charge < -0.3 is 0 Å². The van der Waals surface area contributed by atoms with Gasteiger partial charge in [-0.05, 0) is 0 Å². The maximum Gasteiger partial charge on any atom is 0.201 e. The first-order valence-electron chi connectivity index (χ1n) is 1.73. The third-order valence-electron chi connectivity index (χ3n) is 0.361. The molecule has 1 radical (unpaired) electrons. The van der Waals surface area contributed by atoms with E-state index in [0.717, 1.165) is 0 Å². The van der Waals surface area contributed by atoms with Crippen LogP contribution in [0, 0.1) is 12.0 Å². The fourth-order valence-corrected chi connectivity index (χ4v) is 0.337. The van der Waals surface area contributed by atoms with Crippen LogP contribution in [0.2, 0.25) is 0 Å². The maximum absolute atomic E-state index is 9.44. The quantitative estimate of drug-likeness (QED) is 0.394. The molecule has 45 valence electrons. The van der Waals surface area contributed by atoms with Crippen LogP contribution in [-0.4, -0.2) is 3.79 Å². The molecule has 0 saturated carbocycles. The highest BCUT2D eigenvalue weighted by Crippen LogP contribution is 2.28. The summed E-state index contributed by atoms with van der Waals surface area (Å²) in [5.41, 5.74) is 0. The van der Waals surface area contributed by atoms with E-state index in [2.05, 4.69) is 5.92 Å². The molecule has 0 heterocycles. The average molecular weight is 172 g/mol. The fourth-order valence-electron chi connectivity index (χ4n) is 0.136. The number of halogens is 3. The zero-order valence-electron chi connectivity index (χ0n) is 3.75. The molecular formula is C4H2Cl3O. The van der Waals surface area contributed by atoms with E-state index in [-0.39, 0.29) is 6.42 Å². The molecule has 0 fully saturated rings. The van der Waals surface area contributed by atoms with Gasteiger partial charge in [-0.25, -0.2) is 5.11 Å². The molecule has 0 spiro atoms. The van der Waals surface area contributed by atoms with Crippen LogP contribution < -0.4 is 0 Å². The van der Waals surface area contributed by atoms with Crippen LogP contribution in [0.25, 0.3) is 0 Å². The second-order valence-electron chi connectivity index (χ2n) is 1.07. The van der Waals surface area contributed by atoms with Gasteiger partial charge >= 0.3 is 0 Å². The Kier molecular flexibility index (Phi) is 3.39. The molecule has 0 aliphatic heterocycles. The van der Waals surface area contributed by atoms with Gasteiger partial charge in [0.1, 0.15) is 0 Å². The van der Waals surface area contributed by atoms with Crippen molar-refractivity contribution >= 4 is 34.8 Å². The van der Waals surface area contributed by atoms with Gasteiger partial charge in [0, 0.05) is 0 Å². The van der Waals surface area contributed by atoms with Crippen LogP contribution in [0.5, 0.6) is 0 Å². The van der Waals surface area contributed by atoms with Crippen LogP contribution in [0.15, 0.2) is 0 Å². The smallest absolute Gasteiger partial charge is 0.201 e. The average Bonchev–Trinajstić information content (AvgIpc) is 1.59. The van der Waals surface area contributed by atoms with Crippen LogP contribution in [0.3, 0.4) is 0 Å². The van der Waals surface area contributed by atoms with E-state index in [0.29, 0.717) is 0 Å². The lowest BCUT2D eigenvalue weighted by Gasteiger charge is -2.01. The zero-order valence-corrected chi connectivity index (χ0v) is 6.02. The molecule has 1 nitrogen and oxygen atoms in total. The molecule has 8 heavy (non-hydrogen) atoms. The van der Waals surface area contributed by atoms with Crippen molar-refractivity contribution in [3.8, 4) is 12.0 Å². The predicted molar refractivity (Wildman–Crippen MR) is 33.4 cm³/mol. The molecule has 0 atom stereocenters. The van der Waals surface area contributed by atoms with Gasteiger partial charge in [0.25, 0.3) is 0 Å². The molecule has 0 aromatic carbocycles. The molecule has 0 unspecified atom stereocenters. The van der Waals surface area contributed by atoms with Crippen molar-refractivity contribution in [3.05, 3.63) is 0 Å². The Morgan fingerprint density at radius 2 is 1.88 bits per heavy atom. The molecule has 0 aromatic rings. The second kappa shape index (κ2) is 3.29. The molecule has 0 saturated heterocycles. The van der Waals surface area contributed by atoms with Gasteiger partial charge in [-0.1, -0.05) is 40.7 Å². The summed E-state index contributed by atoms with van der Waals surface area (Å²) in [6.45, 7) is 0. The minimum Gasteiger partial charge on any atom is -0.224 e. The van der Waals surface area contributed by atoms with Crippen molar-refractivity contribution < 1.29 is 5.11 Å². The maximum atomic E-state index is 9.44. The molecule has 0 aliphatic rings. The summed E-state index contributed by atoms with van der Waals surface area (Å²) in [5.74, 6) is 2.09. The Morgan fingerprint density at radius 3 is 2.00 bits per heavy atom.